The van der Waals surface area contributed by atoms with E-state index in [2.05, 4.69) is 10.1 Å². The molecule has 1 fully saturated rings. The third-order valence-corrected chi connectivity index (χ3v) is 7.01. The van der Waals surface area contributed by atoms with Crippen LogP contribution in [0.5, 0.6) is 0 Å². The standard InChI is InChI=1S/C25H26N4OS/c1-17(26-19-13-7-2-3-8-14-19)22-23(18-11-5-4-6-12-18)28-29(24(22)30)25-27-20-15-9-10-16-21(20)31-25/h4-6,9-12,15-16,19,28H,2-3,7-8,13-14H2,1H3. The summed E-state index contributed by atoms with van der Waals surface area (Å²) in [6, 6.07) is 18.3. The Hall–Kier alpha value is -2.99. The van der Waals surface area contributed by atoms with Gasteiger partial charge < -0.3 is 0 Å². The van der Waals surface area contributed by atoms with Crippen molar-refractivity contribution in [2.75, 3.05) is 0 Å². The maximum atomic E-state index is 13.6. The van der Waals surface area contributed by atoms with Crippen LogP contribution in [0.15, 0.2) is 64.4 Å². The van der Waals surface area contributed by atoms with Crippen LogP contribution in [-0.4, -0.2) is 26.5 Å². The molecule has 0 saturated heterocycles. The summed E-state index contributed by atoms with van der Waals surface area (Å²) >= 11 is 1.51. The first kappa shape index (κ1) is 19.9. The largest absolute Gasteiger partial charge is 0.288 e. The fraction of sp³-hybridized carbons (Fsp3) is 0.320. The first-order valence-corrected chi connectivity index (χ1v) is 11.8. The van der Waals surface area contributed by atoms with E-state index in [0.29, 0.717) is 16.7 Å². The molecule has 2 aromatic heterocycles. The molecule has 5 rings (SSSR count). The molecule has 0 spiro atoms. The third-order valence-electron chi connectivity index (χ3n) is 5.99. The van der Waals surface area contributed by atoms with Gasteiger partial charge in [0.05, 0.1) is 27.5 Å². The van der Waals surface area contributed by atoms with Crippen molar-refractivity contribution in [1.82, 2.24) is 14.8 Å². The Labute approximate surface area is 185 Å². The number of nitrogens with one attached hydrogen (secondary N) is 1. The number of H-pyrrole nitrogens is 1. The van der Waals surface area contributed by atoms with Crippen LogP contribution in [0.3, 0.4) is 0 Å². The first-order valence-electron chi connectivity index (χ1n) is 11.0. The SMILES string of the molecule is CC(=NC1CCCCCC1)c1c(-c2ccccc2)[nH]n(-c2nc3ccccc3s2)c1=O. The number of hydrogen-bond acceptors (Lipinski definition) is 4. The minimum absolute atomic E-state index is 0.0900. The van der Waals surface area contributed by atoms with Gasteiger partial charge in [-0.05, 0) is 31.9 Å². The topological polar surface area (TPSA) is 63.0 Å². The minimum atomic E-state index is -0.0900. The van der Waals surface area contributed by atoms with Crippen LogP contribution in [0.1, 0.15) is 51.0 Å². The third kappa shape index (κ3) is 4.00. The lowest BCUT2D eigenvalue weighted by atomic mass is 10.0. The number of thiazole rings is 1. The summed E-state index contributed by atoms with van der Waals surface area (Å²) in [6.45, 7) is 1.98. The summed E-state index contributed by atoms with van der Waals surface area (Å²) in [5, 5.41) is 4.00. The van der Waals surface area contributed by atoms with Crippen molar-refractivity contribution in [3.63, 3.8) is 0 Å². The van der Waals surface area contributed by atoms with E-state index in [9.17, 15) is 4.79 Å². The number of nitrogens with zero attached hydrogens (tertiary/aromatic N) is 3. The van der Waals surface area contributed by atoms with E-state index >= 15 is 0 Å². The van der Waals surface area contributed by atoms with Crippen LogP contribution in [0, 0.1) is 0 Å². The van der Waals surface area contributed by atoms with Crippen LogP contribution < -0.4 is 5.56 Å². The molecular formula is C25H26N4OS. The second kappa shape index (κ2) is 8.63. The zero-order valence-corrected chi connectivity index (χ0v) is 18.5. The number of hydrogen-bond donors (Lipinski definition) is 1. The number of para-hydroxylation sites is 1. The molecule has 0 bridgehead atoms. The molecule has 31 heavy (non-hydrogen) atoms. The van der Waals surface area contributed by atoms with E-state index in [0.717, 1.165) is 40.0 Å². The van der Waals surface area contributed by atoms with Crippen molar-refractivity contribution in [2.45, 2.75) is 51.5 Å². The molecule has 0 radical (unpaired) electrons. The van der Waals surface area contributed by atoms with Crippen LogP contribution in [0.25, 0.3) is 26.6 Å². The highest BCUT2D eigenvalue weighted by molar-refractivity contribution is 7.20. The van der Waals surface area contributed by atoms with E-state index in [1.54, 1.807) is 4.68 Å². The molecule has 2 aromatic carbocycles. The smallest absolute Gasteiger partial charge is 0.283 e. The fourth-order valence-electron chi connectivity index (χ4n) is 4.40. The van der Waals surface area contributed by atoms with Gasteiger partial charge in [0.2, 0.25) is 5.13 Å². The molecule has 0 amide bonds. The van der Waals surface area contributed by atoms with Gasteiger partial charge >= 0.3 is 0 Å². The second-order valence-corrected chi connectivity index (χ2v) is 9.20. The van der Waals surface area contributed by atoms with Gasteiger partial charge in [-0.25, -0.2) is 4.98 Å². The highest BCUT2D eigenvalue weighted by Crippen LogP contribution is 2.27. The first-order chi connectivity index (χ1) is 15.2. The van der Waals surface area contributed by atoms with Crippen LogP contribution >= 0.6 is 11.3 Å². The zero-order chi connectivity index (χ0) is 21.2. The minimum Gasteiger partial charge on any atom is -0.288 e. The molecule has 4 aromatic rings. The molecule has 2 heterocycles. The summed E-state index contributed by atoms with van der Waals surface area (Å²) in [4.78, 5) is 23.3. The molecule has 0 aliphatic heterocycles. The predicted octanol–water partition coefficient (Wildman–Crippen LogP) is 5.97. The number of aliphatic imine (C=N–C) groups is 1. The Kier molecular flexibility index (Phi) is 5.55. The number of aromatic amines is 1. The van der Waals surface area contributed by atoms with E-state index in [-0.39, 0.29) is 5.56 Å². The highest BCUT2D eigenvalue weighted by Gasteiger charge is 2.22. The maximum Gasteiger partial charge on any atom is 0.283 e. The number of benzene rings is 2. The summed E-state index contributed by atoms with van der Waals surface area (Å²) in [5.41, 5.74) is 4.05. The van der Waals surface area contributed by atoms with Gasteiger partial charge in [0.1, 0.15) is 0 Å². The molecule has 5 nitrogen and oxygen atoms in total. The summed E-state index contributed by atoms with van der Waals surface area (Å²) in [5.74, 6) is 0. The van der Waals surface area contributed by atoms with Crippen LogP contribution in [0.2, 0.25) is 0 Å². The highest BCUT2D eigenvalue weighted by atomic mass is 32.1. The lowest BCUT2D eigenvalue weighted by Crippen LogP contribution is -2.20. The Morgan fingerprint density at radius 1 is 1.03 bits per heavy atom. The molecule has 6 heteroatoms. The number of aromatic nitrogens is 3. The molecule has 158 valence electrons. The van der Waals surface area contributed by atoms with Crippen molar-refractivity contribution in [2.24, 2.45) is 4.99 Å². The Morgan fingerprint density at radius 3 is 2.48 bits per heavy atom. The number of rotatable bonds is 4. The van der Waals surface area contributed by atoms with Crippen molar-refractivity contribution < 1.29 is 0 Å². The summed E-state index contributed by atoms with van der Waals surface area (Å²) in [7, 11) is 0. The van der Waals surface area contributed by atoms with E-state index in [1.165, 1.54) is 37.0 Å². The van der Waals surface area contributed by atoms with Crippen molar-refractivity contribution in [3.05, 3.63) is 70.5 Å². The fourth-order valence-corrected chi connectivity index (χ4v) is 5.33. The molecule has 1 aliphatic carbocycles. The predicted molar refractivity (Wildman–Crippen MR) is 129 cm³/mol. The van der Waals surface area contributed by atoms with Crippen molar-refractivity contribution in [3.8, 4) is 16.4 Å². The van der Waals surface area contributed by atoms with E-state index in [1.807, 2.05) is 61.5 Å². The molecule has 1 saturated carbocycles. The van der Waals surface area contributed by atoms with Gasteiger partial charge in [0, 0.05) is 11.3 Å². The lowest BCUT2D eigenvalue weighted by molar-refractivity contribution is 0.586. The molecule has 1 aliphatic rings. The van der Waals surface area contributed by atoms with E-state index < -0.39 is 0 Å². The number of fused-ring (bicyclic) bond motifs is 1. The summed E-state index contributed by atoms with van der Waals surface area (Å²) < 4.78 is 2.64. The van der Waals surface area contributed by atoms with Crippen molar-refractivity contribution >= 4 is 27.3 Å². The Balaban J connectivity index is 1.64. The van der Waals surface area contributed by atoms with Gasteiger partial charge in [0.25, 0.3) is 5.56 Å². The lowest BCUT2D eigenvalue weighted by Gasteiger charge is -2.10. The average molecular weight is 431 g/mol. The second-order valence-electron chi connectivity index (χ2n) is 8.19. The normalized spacial score (nSPS) is 16.0. The molecule has 1 N–H and O–H groups in total. The molecule has 0 atom stereocenters. The van der Waals surface area contributed by atoms with Crippen molar-refractivity contribution in [1.29, 1.82) is 0 Å². The molecule has 0 unspecified atom stereocenters. The van der Waals surface area contributed by atoms with Gasteiger partial charge in [-0.3, -0.25) is 14.9 Å². The van der Waals surface area contributed by atoms with Gasteiger partial charge in [-0.2, -0.15) is 4.68 Å². The zero-order valence-electron chi connectivity index (χ0n) is 17.7. The Morgan fingerprint density at radius 2 is 1.74 bits per heavy atom. The quantitative estimate of drug-likeness (QED) is 0.320. The van der Waals surface area contributed by atoms with Gasteiger partial charge in [-0.1, -0.05) is 79.5 Å². The monoisotopic (exact) mass is 430 g/mol. The van der Waals surface area contributed by atoms with E-state index in [4.69, 9.17) is 4.99 Å². The van der Waals surface area contributed by atoms with Gasteiger partial charge in [0.15, 0.2) is 0 Å². The molecular weight excluding hydrogens is 404 g/mol. The maximum absolute atomic E-state index is 13.6. The summed E-state index contributed by atoms with van der Waals surface area (Å²) in [6.07, 6.45) is 7.22. The van der Waals surface area contributed by atoms with Crippen LogP contribution in [-0.2, 0) is 0 Å². The van der Waals surface area contributed by atoms with Crippen LogP contribution in [0.4, 0.5) is 0 Å². The average Bonchev–Trinajstić information content (AvgIpc) is 3.27. The van der Waals surface area contributed by atoms with Gasteiger partial charge in [-0.15, -0.1) is 0 Å². The Bertz CT molecular complexity index is 1240.